The van der Waals surface area contributed by atoms with Crippen molar-refractivity contribution in [1.82, 2.24) is 10.3 Å². The number of likely N-dealkylation sites (N-methyl/N-ethyl adjacent to an activating group) is 1. The molecule has 21 heavy (non-hydrogen) atoms. The van der Waals surface area contributed by atoms with Gasteiger partial charge in [0.25, 0.3) is 0 Å². The number of hydrogen-bond donors (Lipinski definition) is 1. The van der Waals surface area contributed by atoms with E-state index in [1.165, 1.54) is 43.1 Å². The number of hydrogen-bond acceptors (Lipinski definition) is 2. The second kappa shape index (κ2) is 6.86. The second-order valence-corrected chi connectivity index (χ2v) is 5.80. The summed E-state index contributed by atoms with van der Waals surface area (Å²) in [4.78, 5) is 4.90. The van der Waals surface area contributed by atoms with Crippen molar-refractivity contribution in [2.45, 2.75) is 45.1 Å². The lowest BCUT2D eigenvalue weighted by atomic mass is 9.98. The number of para-hydroxylation sites is 1. The molecular formula is C19H24N2. The van der Waals surface area contributed by atoms with Gasteiger partial charge in [0.15, 0.2) is 0 Å². The largest absolute Gasteiger partial charge is 0.306 e. The molecule has 3 rings (SSSR count). The van der Waals surface area contributed by atoms with Gasteiger partial charge in [-0.3, -0.25) is 4.98 Å². The van der Waals surface area contributed by atoms with E-state index in [4.69, 9.17) is 4.98 Å². The molecule has 110 valence electrons. The van der Waals surface area contributed by atoms with Crippen LogP contribution in [0.15, 0.2) is 48.0 Å². The van der Waals surface area contributed by atoms with Crippen LogP contribution in [0.4, 0.5) is 0 Å². The first kappa shape index (κ1) is 14.3. The van der Waals surface area contributed by atoms with Gasteiger partial charge in [-0.2, -0.15) is 0 Å². The summed E-state index contributed by atoms with van der Waals surface area (Å²) in [6.45, 7) is 3.14. The lowest BCUT2D eigenvalue weighted by Gasteiger charge is -2.21. The number of allylic oxidation sites excluding steroid dienone is 1. The van der Waals surface area contributed by atoms with Gasteiger partial charge in [0, 0.05) is 5.39 Å². The first-order chi connectivity index (χ1) is 10.4. The van der Waals surface area contributed by atoms with E-state index in [9.17, 15) is 0 Å². The van der Waals surface area contributed by atoms with Gasteiger partial charge in [-0.05, 0) is 44.4 Å². The van der Waals surface area contributed by atoms with Crippen LogP contribution in [0.1, 0.15) is 50.8 Å². The average molecular weight is 280 g/mol. The third-order valence-electron chi connectivity index (χ3n) is 4.27. The lowest BCUT2D eigenvalue weighted by Crippen LogP contribution is -2.23. The van der Waals surface area contributed by atoms with Crippen LogP contribution >= 0.6 is 0 Å². The number of pyridine rings is 1. The molecule has 2 heteroatoms. The van der Waals surface area contributed by atoms with Crippen LogP contribution in [0.25, 0.3) is 10.9 Å². The summed E-state index contributed by atoms with van der Waals surface area (Å²) in [6, 6.07) is 13.0. The zero-order chi connectivity index (χ0) is 14.5. The molecule has 1 aromatic heterocycles. The molecule has 0 amide bonds. The lowest BCUT2D eigenvalue weighted by molar-refractivity contribution is 0.579. The molecule has 0 bridgehead atoms. The van der Waals surface area contributed by atoms with E-state index in [1.54, 1.807) is 0 Å². The van der Waals surface area contributed by atoms with E-state index in [1.807, 2.05) is 0 Å². The molecule has 2 aromatic rings. The molecule has 0 saturated carbocycles. The van der Waals surface area contributed by atoms with Crippen LogP contribution in [0.2, 0.25) is 0 Å². The van der Waals surface area contributed by atoms with E-state index in [-0.39, 0.29) is 6.04 Å². The first-order valence-electron chi connectivity index (χ1n) is 8.16. The molecule has 0 aliphatic heterocycles. The van der Waals surface area contributed by atoms with E-state index in [0.717, 1.165) is 17.8 Å². The quantitative estimate of drug-likeness (QED) is 0.816. The van der Waals surface area contributed by atoms with Crippen LogP contribution in [0.5, 0.6) is 0 Å². The Morgan fingerprint density at radius 3 is 2.90 bits per heavy atom. The molecule has 0 saturated heterocycles. The van der Waals surface area contributed by atoms with Crippen molar-refractivity contribution in [1.29, 1.82) is 0 Å². The van der Waals surface area contributed by atoms with E-state index in [2.05, 4.69) is 54.7 Å². The molecule has 2 nitrogen and oxygen atoms in total. The summed E-state index contributed by atoms with van der Waals surface area (Å²) >= 11 is 0. The molecule has 0 radical (unpaired) electrons. The highest BCUT2D eigenvalue weighted by Crippen LogP contribution is 2.29. The number of nitrogens with zero attached hydrogens (tertiary/aromatic N) is 1. The van der Waals surface area contributed by atoms with Crippen molar-refractivity contribution >= 4 is 10.9 Å². The maximum absolute atomic E-state index is 4.90. The van der Waals surface area contributed by atoms with Crippen molar-refractivity contribution in [2.24, 2.45) is 0 Å². The normalized spacial score (nSPS) is 17.3. The van der Waals surface area contributed by atoms with Crippen molar-refractivity contribution in [3.63, 3.8) is 0 Å². The van der Waals surface area contributed by atoms with Gasteiger partial charge >= 0.3 is 0 Å². The van der Waals surface area contributed by atoms with Gasteiger partial charge < -0.3 is 5.32 Å². The Kier molecular flexibility index (Phi) is 4.66. The molecule has 1 aromatic carbocycles. The molecule has 1 N–H and O–H groups in total. The highest BCUT2D eigenvalue weighted by molar-refractivity contribution is 5.78. The topological polar surface area (TPSA) is 24.9 Å². The second-order valence-electron chi connectivity index (χ2n) is 5.80. The summed E-state index contributed by atoms with van der Waals surface area (Å²) in [5.41, 5.74) is 3.77. The van der Waals surface area contributed by atoms with E-state index < -0.39 is 0 Å². The standard InChI is InChI=1S/C19H24N2/c1-2-20-19(16-10-5-3-4-6-11-16)18-14-13-15-9-7-8-12-17(15)21-18/h7-10,12-14,19-20H,2-6,11H2,1H3. The van der Waals surface area contributed by atoms with Gasteiger partial charge in [-0.15, -0.1) is 0 Å². The number of benzene rings is 1. The minimum atomic E-state index is 0.276. The molecule has 1 aliphatic rings. The van der Waals surface area contributed by atoms with E-state index in [0.29, 0.717) is 0 Å². The van der Waals surface area contributed by atoms with Crippen LogP contribution < -0.4 is 5.32 Å². The van der Waals surface area contributed by atoms with Crippen molar-refractivity contribution in [3.05, 3.63) is 53.7 Å². The Balaban J connectivity index is 1.96. The van der Waals surface area contributed by atoms with Gasteiger partial charge in [0.2, 0.25) is 0 Å². The molecule has 1 aliphatic carbocycles. The molecule has 1 unspecified atom stereocenters. The molecule has 0 spiro atoms. The van der Waals surface area contributed by atoms with Gasteiger partial charge in [0.1, 0.15) is 0 Å². The maximum Gasteiger partial charge on any atom is 0.0711 e. The van der Waals surface area contributed by atoms with Gasteiger partial charge in [-0.25, -0.2) is 0 Å². The SMILES string of the molecule is CCNC(C1=CCCCCC1)c1ccc2ccccc2n1. The van der Waals surface area contributed by atoms with Crippen LogP contribution in [-0.2, 0) is 0 Å². The zero-order valence-electron chi connectivity index (χ0n) is 12.8. The fourth-order valence-electron chi connectivity index (χ4n) is 3.17. The molecular weight excluding hydrogens is 256 g/mol. The Morgan fingerprint density at radius 2 is 2.00 bits per heavy atom. The number of rotatable bonds is 4. The summed E-state index contributed by atoms with van der Waals surface area (Å²) < 4.78 is 0. The van der Waals surface area contributed by atoms with Crippen molar-refractivity contribution in [3.8, 4) is 0 Å². The fourth-order valence-corrected chi connectivity index (χ4v) is 3.17. The Morgan fingerprint density at radius 1 is 1.10 bits per heavy atom. The van der Waals surface area contributed by atoms with Crippen LogP contribution in [-0.4, -0.2) is 11.5 Å². The minimum absolute atomic E-state index is 0.276. The summed E-state index contributed by atoms with van der Waals surface area (Å²) in [5, 5.41) is 4.84. The maximum atomic E-state index is 4.90. The summed E-state index contributed by atoms with van der Waals surface area (Å²) in [6.07, 6.45) is 8.84. The average Bonchev–Trinajstić information content (AvgIpc) is 2.81. The number of nitrogens with one attached hydrogen (secondary N) is 1. The third kappa shape index (κ3) is 3.33. The Bertz CT molecular complexity index is 630. The zero-order valence-corrected chi connectivity index (χ0v) is 12.8. The van der Waals surface area contributed by atoms with Crippen LogP contribution in [0.3, 0.4) is 0 Å². The predicted octanol–water partition coefficient (Wildman–Crippen LogP) is 4.78. The smallest absolute Gasteiger partial charge is 0.0711 e. The molecule has 1 atom stereocenters. The predicted molar refractivity (Wildman–Crippen MR) is 89.3 cm³/mol. The highest BCUT2D eigenvalue weighted by atomic mass is 14.9. The van der Waals surface area contributed by atoms with Crippen LogP contribution in [0, 0.1) is 0 Å². The van der Waals surface area contributed by atoms with Gasteiger partial charge in [-0.1, -0.05) is 49.3 Å². The monoisotopic (exact) mass is 280 g/mol. The highest BCUT2D eigenvalue weighted by Gasteiger charge is 2.18. The first-order valence-corrected chi connectivity index (χ1v) is 8.16. The Labute approximate surface area is 127 Å². The fraction of sp³-hybridized carbons (Fsp3) is 0.421. The van der Waals surface area contributed by atoms with Crippen molar-refractivity contribution in [2.75, 3.05) is 6.54 Å². The Hall–Kier alpha value is -1.67. The van der Waals surface area contributed by atoms with Crippen molar-refractivity contribution < 1.29 is 0 Å². The van der Waals surface area contributed by atoms with E-state index >= 15 is 0 Å². The molecule has 1 heterocycles. The summed E-state index contributed by atoms with van der Waals surface area (Å²) in [5.74, 6) is 0. The molecule has 0 fully saturated rings. The minimum Gasteiger partial charge on any atom is -0.306 e. The number of fused-ring (bicyclic) bond motifs is 1. The summed E-state index contributed by atoms with van der Waals surface area (Å²) in [7, 11) is 0. The number of aromatic nitrogens is 1. The third-order valence-corrected chi connectivity index (χ3v) is 4.27. The van der Waals surface area contributed by atoms with Gasteiger partial charge in [0.05, 0.1) is 17.3 Å².